The molecule has 0 N–H and O–H groups in total. The second kappa shape index (κ2) is 2.66. The SMILES string of the molecule is [O-][S+]1CCc2ccc(Cl)nc21. The van der Waals surface area contributed by atoms with E-state index in [1.54, 1.807) is 6.07 Å². The van der Waals surface area contributed by atoms with E-state index in [4.69, 9.17) is 11.6 Å². The minimum Gasteiger partial charge on any atom is -0.610 e. The van der Waals surface area contributed by atoms with Gasteiger partial charge in [-0.2, -0.15) is 4.98 Å². The lowest BCUT2D eigenvalue weighted by atomic mass is 10.2. The largest absolute Gasteiger partial charge is 0.610 e. The summed E-state index contributed by atoms with van der Waals surface area (Å²) >= 11 is 4.74. The van der Waals surface area contributed by atoms with Crippen LogP contribution in [-0.2, 0) is 17.6 Å². The van der Waals surface area contributed by atoms with E-state index >= 15 is 0 Å². The Labute approximate surface area is 72.8 Å². The minimum atomic E-state index is -0.904. The lowest BCUT2D eigenvalue weighted by Gasteiger charge is -2.00. The fourth-order valence-electron chi connectivity index (χ4n) is 1.13. The summed E-state index contributed by atoms with van der Waals surface area (Å²) in [6, 6.07) is 3.64. The van der Waals surface area contributed by atoms with Crippen LogP contribution in [0.1, 0.15) is 5.56 Å². The van der Waals surface area contributed by atoms with Gasteiger partial charge in [0, 0.05) is 23.2 Å². The van der Waals surface area contributed by atoms with Gasteiger partial charge in [0.15, 0.2) is 0 Å². The van der Waals surface area contributed by atoms with Gasteiger partial charge in [0.25, 0.3) is 0 Å². The number of aryl methyl sites for hydroxylation is 1. The highest BCUT2D eigenvalue weighted by molar-refractivity contribution is 7.91. The van der Waals surface area contributed by atoms with Gasteiger partial charge >= 0.3 is 0 Å². The van der Waals surface area contributed by atoms with Gasteiger partial charge in [0.1, 0.15) is 10.9 Å². The van der Waals surface area contributed by atoms with Crippen molar-refractivity contribution in [3.63, 3.8) is 0 Å². The number of aromatic nitrogens is 1. The van der Waals surface area contributed by atoms with Crippen molar-refractivity contribution in [2.75, 3.05) is 5.75 Å². The number of hydrogen-bond donors (Lipinski definition) is 0. The zero-order valence-corrected chi connectivity index (χ0v) is 7.28. The van der Waals surface area contributed by atoms with E-state index < -0.39 is 11.2 Å². The molecule has 0 saturated carbocycles. The highest BCUT2D eigenvalue weighted by Crippen LogP contribution is 2.24. The molecular weight excluding hydrogens is 182 g/mol. The number of halogens is 1. The van der Waals surface area contributed by atoms with Gasteiger partial charge in [-0.25, -0.2) is 0 Å². The summed E-state index contributed by atoms with van der Waals surface area (Å²) in [5, 5.41) is 1.11. The first-order valence-electron chi connectivity index (χ1n) is 3.31. The number of pyridine rings is 1. The molecule has 58 valence electrons. The average Bonchev–Trinajstić information content (AvgIpc) is 2.33. The maximum atomic E-state index is 11.2. The third-order valence-electron chi connectivity index (χ3n) is 1.68. The fourth-order valence-corrected chi connectivity index (χ4v) is 2.59. The number of fused-ring (bicyclic) bond motifs is 1. The van der Waals surface area contributed by atoms with Crippen molar-refractivity contribution in [3.05, 3.63) is 22.8 Å². The molecule has 1 atom stereocenters. The van der Waals surface area contributed by atoms with E-state index in [0.717, 1.165) is 12.0 Å². The monoisotopic (exact) mass is 187 g/mol. The normalized spacial score (nSPS) is 21.8. The molecule has 0 radical (unpaired) electrons. The molecule has 1 unspecified atom stereocenters. The summed E-state index contributed by atoms with van der Waals surface area (Å²) in [5.74, 6) is 0.697. The molecule has 1 aromatic rings. The Bertz CT molecular complexity index is 292. The summed E-state index contributed by atoms with van der Waals surface area (Å²) < 4.78 is 11.2. The van der Waals surface area contributed by atoms with Crippen molar-refractivity contribution in [1.29, 1.82) is 0 Å². The van der Waals surface area contributed by atoms with Gasteiger partial charge in [-0.05, 0) is 12.1 Å². The van der Waals surface area contributed by atoms with Crippen LogP contribution in [0.3, 0.4) is 0 Å². The zero-order valence-electron chi connectivity index (χ0n) is 5.71. The molecule has 4 heteroatoms. The first-order valence-corrected chi connectivity index (χ1v) is 5.01. The lowest BCUT2D eigenvalue weighted by molar-refractivity contribution is 0.596. The second-order valence-electron chi connectivity index (χ2n) is 2.40. The molecule has 0 aliphatic carbocycles. The van der Waals surface area contributed by atoms with Crippen LogP contribution in [0.5, 0.6) is 0 Å². The molecule has 0 bridgehead atoms. The molecule has 0 saturated heterocycles. The molecule has 0 amide bonds. The first kappa shape index (κ1) is 7.40. The molecule has 0 aromatic carbocycles. The average molecular weight is 188 g/mol. The van der Waals surface area contributed by atoms with E-state index in [0.29, 0.717) is 15.9 Å². The van der Waals surface area contributed by atoms with Gasteiger partial charge in [-0.1, -0.05) is 11.6 Å². The zero-order chi connectivity index (χ0) is 7.84. The van der Waals surface area contributed by atoms with Gasteiger partial charge in [0.2, 0.25) is 5.03 Å². The van der Waals surface area contributed by atoms with Crippen molar-refractivity contribution < 1.29 is 4.55 Å². The Morgan fingerprint density at radius 1 is 1.55 bits per heavy atom. The predicted octanol–water partition coefficient (Wildman–Crippen LogP) is 1.40. The number of nitrogens with zero attached hydrogens (tertiary/aromatic N) is 1. The van der Waals surface area contributed by atoms with Crippen LogP contribution in [0.2, 0.25) is 5.15 Å². The van der Waals surface area contributed by atoms with Crippen molar-refractivity contribution >= 4 is 22.8 Å². The quantitative estimate of drug-likeness (QED) is 0.455. The van der Waals surface area contributed by atoms with Crippen molar-refractivity contribution in [1.82, 2.24) is 4.98 Å². The molecule has 0 fully saturated rings. The minimum absolute atomic E-state index is 0.430. The summed E-state index contributed by atoms with van der Waals surface area (Å²) in [6.45, 7) is 0. The van der Waals surface area contributed by atoms with E-state index in [2.05, 4.69) is 4.98 Å². The summed E-state index contributed by atoms with van der Waals surface area (Å²) in [5.41, 5.74) is 1.08. The lowest BCUT2D eigenvalue weighted by Crippen LogP contribution is -2.00. The Morgan fingerprint density at radius 3 is 3.18 bits per heavy atom. The Morgan fingerprint density at radius 2 is 2.36 bits per heavy atom. The molecule has 1 aliphatic heterocycles. The van der Waals surface area contributed by atoms with Crippen molar-refractivity contribution in [2.45, 2.75) is 11.4 Å². The van der Waals surface area contributed by atoms with Crippen LogP contribution < -0.4 is 0 Å². The van der Waals surface area contributed by atoms with Gasteiger partial charge in [-0.15, -0.1) is 0 Å². The molecular formula is C7H6ClNOS. The maximum Gasteiger partial charge on any atom is 0.249 e. The molecule has 0 spiro atoms. The van der Waals surface area contributed by atoms with E-state index in [1.165, 1.54) is 0 Å². The van der Waals surface area contributed by atoms with Gasteiger partial charge in [-0.3, -0.25) is 0 Å². The van der Waals surface area contributed by atoms with Crippen LogP contribution in [0.4, 0.5) is 0 Å². The second-order valence-corrected chi connectivity index (χ2v) is 4.27. The van der Waals surface area contributed by atoms with E-state index in [-0.39, 0.29) is 0 Å². The standard InChI is InChI=1S/C7H6ClNOS/c8-6-2-1-5-3-4-11(10)7(5)9-6/h1-2H,3-4H2. The maximum absolute atomic E-state index is 11.2. The molecule has 1 aliphatic rings. The first-order chi connectivity index (χ1) is 5.27. The highest BCUT2D eigenvalue weighted by atomic mass is 35.5. The van der Waals surface area contributed by atoms with Crippen LogP contribution in [0.15, 0.2) is 17.2 Å². The Hall–Kier alpha value is -0.250. The van der Waals surface area contributed by atoms with Gasteiger partial charge < -0.3 is 4.55 Å². The van der Waals surface area contributed by atoms with Crippen molar-refractivity contribution in [3.8, 4) is 0 Å². The highest BCUT2D eigenvalue weighted by Gasteiger charge is 2.25. The molecule has 2 nitrogen and oxygen atoms in total. The van der Waals surface area contributed by atoms with Crippen LogP contribution in [0, 0.1) is 0 Å². The van der Waals surface area contributed by atoms with Crippen LogP contribution >= 0.6 is 11.6 Å². The summed E-state index contributed by atoms with van der Waals surface area (Å²) in [6.07, 6.45) is 0.867. The fraction of sp³-hybridized carbons (Fsp3) is 0.286. The number of hydrogen-bond acceptors (Lipinski definition) is 2. The van der Waals surface area contributed by atoms with Gasteiger partial charge in [0.05, 0.1) is 0 Å². The predicted molar refractivity (Wildman–Crippen MR) is 44.2 cm³/mol. The Kier molecular flexibility index (Phi) is 1.79. The molecule has 2 heterocycles. The molecule has 11 heavy (non-hydrogen) atoms. The third kappa shape index (κ3) is 1.24. The number of rotatable bonds is 0. The summed E-state index contributed by atoms with van der Waals surface area (Å²) in [7, 11) is 0. The molecule has 1 aromatic heterocycles. The van der Waals surface area contributed by atoms with E-state index in [9.17, 15) is 4.55 Å². The Balaban J connectivity index is 2.52. The summed E-state index contributed by atoms with van der Waals surface area (Å²) in [4.78, 5) is 4.00. The van der Waals surface area contributed by atoms with E-state index in [1.807, 2.05) is 6.07 Å². The molecule has 2 rings (SSSR count). The smallest absolute Gasteiger partial charge is 0.249 e. The third-order valence-corrected chi connectivity index (χ3v) is 3.25. The van der Waals surface area contributed by atoms with Crippen molar-refractivity contribution in [2.24, 2.45) is 0 Å². The van der Waals surface area contributed by atoms with Crippen LogP contribution in [-0.4, -0.2) is 15.3 Å². The topological polar surface area (TPSA) is 36.0 Å². The van der Waals surface area contributed by atoms with Crippen LogP contribution in [0.25, 0.3) is 0 Å².